The van der Waals surface area contributed by atoms with Crippen LogP contribution in [0.4, 0.5) is 5.69 Å². The number of rotatable bonds is 7. The summed E-state index contributed by atoms with van der Waals surface area (Å²) in [6, 6.07) is 7.05. The topological polar surface area (TPSA) is 93.7 Å². The molecule has 0 bridgehead atoms. The molecule has 1 saturated carbocycles. The van der Waals surface area contributed by atoms with Crippen molar-refractivity contribution in [1.29, 1.82) is 0 Å². The number of carbonyl (C=O) groups is 1. The molecule has 0 spiro atoms. The maximum absolute atomic E-state index is 12.5. The summed E-state index contributed by atoms with van der Waals surface area (Å²) < 4.78 is 36.7. The number of anilines is 1. The molecule has 1 aliphatic rings. The van der Waals surface area contributed by atoms with E-state index in [9.17, 15) is 13.2 Å². The summed E-state index contributed by atoms with van der Waals surface area (Å²) >= 11 is 0. The standard InChI is InChI=1S/C19H30N2O5S/c1-19(2,3)27(23,24)21-15-10-8-14(9-11-15)18(22)20-16-6-5-7-17(12-16)26-13-25-4/h5-7,12,14-15,21H,8-11,13H2,1-4H3,(H,20,22)/t14-,15-. The first-order valence-corrected chi connectivity index (χ1v) is 10.7. The Morgan fingerprint density at radius 2 is 1.85 bits per heavy atom. The molecule has 1 fully saturated rings. The van der Waals surface area contributed by atoms with Gasteiger partial charge in [0.1, 0.15) is 5.75 Å². The zero-order chi connectivity index (χ0) is 20.1. The molecule has 2 N–H and O–H groups in total. The number of sulfonamides is 1. The third-order valence-electron chi connectivity index (χ3n) is 4.67. The van der Waals surface area contributed by atoms with Crippen molar-refractivity contribution in [3.63, 3.8) is 0 Å². The van der Waals surface area contributed by atoms with Gasteiger partial charge in [-0.25, -0.2) is 13.1 Å². The van der Waals surface area contributed by atoms with Gasteiger partial charge in [0.2, 0.25) is 15.9 Å². The summed E-state index contributed by atoms with van der Waals surface area (Å²) in [6.45, 7) is 5.18. The molecule has 0 unspecified atom stereocenters. The highest BCUT2D eigenvalue weighted by Crippen LogP contribution is 2.28. The van der Waals surface area contributed by atoms with Crippen LogP contribution in [0.1, 0.15) is 46.5 Å². The molecule has 7 nitrogen and oxygen atoms in total. The number of hydrogen-bond acceptors (Lipinski definition) is 5. The Hall–Kier alpha value is -1.64. The van der Waals surface area contributed by atoms with Crippen molar-refractivity contribution < 1.29 is 22.7 Å². The maximum Gasteiger partial charge on any atom is 0.227 e. The van der Waals surface area contributed by atoms with E-state index in [2.05, 4.69) is 10.0 Å². The van der Waals surface area contributed by atoms with E-state index in [1.165, 1.54) is 0 Å². The van der Waals surface area contributed by atoms with Crippen LogP contribution in [0.5, 0.6) is 5.75 Å². The highest BCUT2D eigenvalue weighted by molar-refractivity contribution is 7.90. The second-order valence-corrected chi connectivity index (χ2v) is 10.3. The molecule has 2 rings (SSSR count). The van der Waals surface area contributed by atoms with Crippen molar-refractivity contribution in [2.75, 3.05) is 19.2 Å². The summed E-state index contributed by atoms with van der Waals surface area (Å²) in [5.74, 6) is 0.454. The van der Waals surface area contributed by atoms with E-state index in [1.807, 2.05) is 0 Å². The number of methoxy groups -OCH3 is 1. The van der Waals surface area contributed by atoms with Crippen molar-refractivity contribution in [3.8, 4) is 5.75 Å². The molecule has 152 valence electrons. The molecule has 0 atom stereocenters. The van der Waals surface area contributed by atoms with E-state index in [0.29, 0.717) is 37.1 Å². The molecule has 27 heavy (non-hydrogen) atoms. The van der Waals surface area contributed by atoms with E-state index in [0.717, 1.165) is 0 Å². The molecule has 0 aliphatic heterocycles. The summed E-state index contributed by atoms with van der Waals surface area (Å²) in [6.07, 6.45) is 2.63. The Kier molecular flexibility index (Phi) is 7.25. The molecule has 1 amide bonds. The first-order valence-electron chi connectivity index (χ1n) is 9.17. The summed E-state index contributed by atoms with van der Waals surface area (Å²) in [5, 5.41) is 2.92. The van der Waals surface area contributed by atoms with Gasteiger partial charge in [0, 0.05) is 30.8 Å². The van der Waals surface area contributed by atoms with Crippen LogP contribution in [-0.4, -0.2) is 39.0 Å². The smallest absolute Gasteiger partial charge is 0.227 e. The Bertz CT molecular complexity index is 735. The third-order valence-corrected chi connectivity index (χ3v) is 6.93. The van der Waals surface area contributed by atoms with E-state index < -0.39 is 14.8 Å². The van der Waals surface area contributed by atoms with Crippen LogP contribution >= 0.6 is 0 Å². The Morgan fingerprint density at radius 3 is 2.44 bits per heavy atom. The van der Waals surface area contributed by atoms with Gasteiger partial charge in [0.25, 0.3) is 0 Å². The highest BCUT2D eigenvalue weighted by Gasteiger charge is 2.34. The van der Waals surface area contributed by atoms with Crippen molar-refractivity contribution >= 4 is 21.6 Å². The third kappa shape index (κ3) is 6.19. The van der Waals surface area contributed by atoms with Gasteiger partial charge >= 0.3 is 0 Å². The van der Waals surface area contributed by atoms with Gasteiger partial charge in [-0.3, -0.25) is 4.79 Å². The highest BCUT2D eigenvalue weighted by atomic mass is 32.2. The fraction of sp³-hybridized carbons (Fsp3) is 0.632. The fourth-order valence-corrected chi connectivity index (χ4v) is 3.93. The monoisotopic (exact) mass is 398 g/mol. The van der Waals surface area contributed by atoms with Gasteiger partial charge in [0.05, 0.1) is 4.75 Å². The van der Waals surface area contributed by atoms with Gasteiger partial charge in [-0.15, -0.1) is 0 Å². The predicted octanol–water partition coefficient (Wildman–Crippen LogP) is 2.88. The van der Waals surface area contributed by atoms with Crippen LogP contribution in [0.3, 0.4) is 0 Å². The predicted molar refractivity (Wildman–Crippen MR) is 105 cm³/mol. The number of nitrogens with one attached hydrogen (secondary N) is 2. The van der Waals surface area contributed by atoms with Gasteiger partial charge in [0.15, 0.2) is 6.79 Å². The lowest BCUT2D eigenvalue weighted by Gasteiger charge is -2.30. The molecular formula is C19H30N2O5S. The van der Waals surface area contributed by atoms with Gasteiger partial charge < -0.3 is 14.8 Å². The molecule has 0 saturated heterocycles. The summed E-state index contributed by atoms with van der Waals surface area (Å²) in [4.78, 5) is 12.5. The lowest BCUT2D eigenvalue weighted by molar-refractivity contribution is -0.120. The lowest BCUT2D eigenvalue weighted by Crippen LogP contribution is -2.46. The number of benzene rings is 1. The van der Waals surface area contributed by atoms with Crippen molar-refractivity contribution in [1.82, 2.24) is 4.72 Å². The first kappa shape index (κ1) is 21.7. The van der Waals surface area contributed by atoms with Gasteiger partial charge in [-0.1, -0.05) is 6.07 Å². The molecular weight excluding hydrogens is 368 g/mol. The summed E-state index contributed by atoms with van der Waals surface area (Å²) in [7, 11) is -1.83. The number of amides is 1. The van der Waals surface area contributed by atoms with Crippen molar-refractivity contribution in [2.24, 2.45) is 5.92 Å². The Labute approximate surface area is 161 Å². The molecule has 1 aromatic rings. The molecule has 1 aliphatic carbocycles. The van der Waals surface area contributed by atoms with E-state index >= 15 is 0 Å². The largest absolute Gasteiger partial charge is 0.467 e. The molecule has 0 radical (unpaired) electrons. The van der Waals surface area contributed by atoms with Gasteiger partial charge in [-0.2, -0.15) is 0 Å². The average Bonchev–Trinajstić information content (AvgIpc) is 2.59. The second kappa shape index (κ2) is 9.03. The second-order valence-electron chi connectivity index (χ2n) is 7.85. The molecule has 0 aromatic heterocycles. The summed E-state index contributed by atoms with van der Waals surface area (Å²) in [5.41, 5.74) is 0.671. The Morgan fingerprint density at radius 1 is 1.19 bits per heavy atom. The van der Waals surface area contributed by atoms with Crippen LogP contribution in [0.15, 0.2) is 24.3 Å². The molecule has 8 heteroatoms. The lowest BCUT2D eigenvalue weighted by atomic mass is 9.86. The minimum Gasteiger partial charge on any atom is -0.467 e. The van der Waals surface area contributed by atoms with Crippen LogP contribution < -0.4 is 14.8 Å². The van der Waals surface area contributed by atoms with Crippen LogP contribution in [-0.2, 0) is 19.6 Å². The number of ether oxygens (including phenoxy) is 2. The zero-order valence-electron chi connectivity index (χ0n) is 16.4. The molecule has 1 aromatic carbocycles. The van der Waals surface area contributed by atoms with E-state index in [1.54, 1.807) is 52.1 Å². The van der Waals surface area contributed by atoms with Gasteiger partial charge in [-0.05, 0) is 58.6 Å². The van der Waals surface area contributed by atoms with Crippen molar-refractivity contribution in [3.05, 3.63) is 24.3 Å². The first-order chi connectivity index (χ1) is 12.6. The quantitative estimate of drug-likeness (QED) is 0.689. The number of hydrogen-bond donors (Lipinski definition) is 2. The molecule has 0 heterocycles. The zero-order valence-corrected chi connectivity index (χ0v) is 17.3. The minimum absolute atomic E-state index is 0.0454. The van der Waals surface area contributed by atoms with Crippen LogP contribution in [0, 0.1) is 5.92 Å². The average molecular weight is 399 g/mol. The van der Waals surface area contributed by atoms with Crippen LogP contribution in [0.25, 0.3) is 0 Å². The minimum atomic E-state index is -3.37. The van der Waals surface area contributed by atoms with Crippen LogP contribution in [0.2, 0.25) is 0 Å². The van der Waals surface area contributed by atoms with Crippen molar-refractivity contribution in [2.45, 2.75) is 57.2 Å². The Balaban J connectivity index is 1.86. The SMILES string of the molecule is COCOc1cccc(NC(=O)[C@H]2CC[C@H](NS(=O)(=O)C(C)(C)C)CC2)c1. The van der Waals surface area contributed by atoms with E-state index in [-0.39, 0.29) is 24.7 Å². The fourth-order valence-electron chi connectivity index (χ4n) is 2.90. The van der Waals surface area contributed by atoms with E-state index in [4.69, 9.17) is 9.47 Å². The number of carbonyl (C=O) groups excluding carboxylic acids is 1. The normalized spacial score (nSPS) is 20.9. The maximum atomic E-state index is 12.5.